The maximum absolute atomic E-state index is 13.8. The Labute approximate surface area is 221 Å². The summed E-state index contributed by atoms with van der Waals surface area (Å²) in [6, 6.07) is 6.06. The van der Waals surface area contributed by atoms with E-state index in [0.29, 0.717) is 61.3 Å². The lowest BCUT2D eigenvalue weighted by Crippen LogP contribution is -2.45. The van der Waals surface area contributed by atoms with Gasteiger partial charge in [0.15, 0.2) is 5.65 Å². The van der Waals surface area contributed by atoms with Crippen molar-refractivity contribution in [3.8, 4) is 28.5 Å². The SMILES string of the molecule is N#Cc1cc(-c2cnc3nnn(CC4CN(c5ncc(-c6cnn(CCO)c6)cn5)CCO4)c3n2)ccc1F. The molecule has 1 atom stereocenters. The highest BCUT2D eigenvalue weighted by Crippen LogP contribution is 2.23. The summed E-state index contributed by atoms with van der Waals surface area (Å²) in [5.74, 6) is -0.00119. The smallest absolute Gasteiger partial charge is 0.225 e. The molecule has 0 amide bonds. The van der Waals surface area contributed by atoms with Gasteiger partial charge in [0.2, 0.25) is 11.6 Å². The molecule has 0 aliphatic carbocycles. The van der Waals surface area contributed by atoms with Crippen LogP contribution in [0.25, 0.3) is 33.7 Å². The summed E-state index contributed by atoms with van der Waals surface area (Å²) in [6.07, 6.45) is 8.35. The summed E-state index contributed by atoms with van der Waals surface area (Å²) in [4.78, 5) is 20.1. The van der Waals surface area contributed by atoms with Crippen molar-refractivity contribution < 1.29 is 14.2 Å². The molecule has 1 fully saturated rings. The zero-order chi connectivity index (χ0) is 26.8. The number of anilines is 1. The molecular weight excluding hydrogens is 505 g/mol. The Bertz CT molecular complexity index is 1660. The first kappa shape index (κ1) is 24.5. The minimum Gasteiger partial charge on any atom is -0.394 e. The number of fused-ring (bicyclic) bond motifs is 1. The average molecular weight is 528 g/mol. The molecule has 0 spiro atoms. The Balaban J connectivity index is 1.17. The number of aromatic nitrogens is 9. The summed E-state index contributed by atoms with van der Waals surface area (Å²) in [7, 11) is 0. The van der Waals surface area contributed by atoms with Gasteiger partial charge >= 0.3 is 0 Å². The fraction of sp³-hybridized carbons (Fsp3) is 0.280. The minimum atomic E-state index is -0.589. The van der Waals surface area contributed by atoms with Gasteiger partial charge in [0.1, 0.15) is 11.9 Å². The molecule has 0 saturated carbocycles. The number of aliphatic hydroxyl groups is 1. The van der Waals surface area contributed by atoms with Crippen molar-refractivity contribution in [3.63, 3.8) is 0 Å². The first-order valence-corrected chi connectivity index (χ1v) is 12.2. The number of hydrogen-bond acceptors (Lipinski definition) is 11. The monoisotopic (exact) mass is 527 g/mol. The highest BCUT2D eigenvalue weighted by Gasteiger charge is 2.24. The van der Waals surface area contributed by atoms with Gasteiger partial charge in [0.05, 0.1) is 56.1 Å². The lowest BCUT2D eigenvalue weighted by atomic mass is 10.1. The van der Waals surface area contributed by atoms with E-state index in [1.165, 1.54) is 18.3 Å². The van der Waals surface area contributed by atoms with Crippen LogP contribution < -0.4 is 4.90 Å². The van der Waals surface area contributed by atoms with Crippen LogP contribution in [0.15, 0.2) is 49.2 Å². The van der Waals surface area contributed by atoms with Crippen LogP contribution in [0, 0.1) is 17.1 Å². The third-order valence-electron chi connectivity index (χ3n) is 6.34. The van der Waals surface area contributed by atoms with Crippen molar-refractivity contribution in [2.75, 3.05) is 31.2 Å². The van der Waals surface area contributed by atoms with Crippen molar-refractivity contribution in [2.45, 2.75) is 19.2 Å². The second-order valence-corrected chi connectivity index (χ2v) is 8.91. The van der Waals surface area contributed by atoms with E-state index in [1.807, 2.05) is 17.2 Å². The molecule has 1 unspecified atom stereocenters. The van der Waals surface area contributed by atoms with E-state index < -0.39 is 5.82 Å². The summed E-state index contributed by atoms with van der Waals surface area (Å²) < 4.78 is 23.1. The molecule has 0 bridgehead atoms. The Kier molecular flexibility index (Phi) is 6.57. The van der Waals surface area contributed by atoms with Gasteiger partial charge in [-0.25, -0.2) is 29.0 Å². The van der Waals surface area contributed by atoms with Crippen molar-refractivity contribution >= 4 is 17.2 Å². The van der Waals surface area contributed by atoms with Gasteiger partial charge in [-0.3, -0.25) is 4.68 Å². The number of halogens is 1. The van der Waals surface area contributed by atoms with Crippen LogP contribution in [-0.4, -0.2) is 82.2 Å². The van der Waals surface area contributed by atoms with Gasteiger partial charge in [-0.15, -0.1) is 5.10 Å². The third kappa shape index (κ3) is 5.00. The van der Waals surface area contributed by atoms with Gasteiger partial charge < -0.3 is 14.7 Å². The molecule has 5 aromatic rings. The number of nitrogens with zero attached hydrogens (tertiary/aromatic N) is 11. The summed E-state index contributed by atoms with van der Waals surface area (Å²) in [6.45, 7) is 2.48. The number of nitriles is 1. The minimum absolute atomic E-state index is 0.0182. The van der Waals surface area contributed by atoms with Crippen LogP contribution in [0.2, 0.25) is 0 Å². The quantitative estimate of drug-likeness (QED) is 0.327. The first-order chi connectivity index (χ1) is 19.1. The fourth-order valence-corrected chi connectivity index (χ4v) is 4.36. The molecule has 1 aliphatic heterocycles. The zero-order valence-electron chi connectivity index (χ0n) is 20.6. The van der Waals surface area contributed by atoms with Crippen molar-refractivity contribution in [3.05, 3.63) is 60.6 Å². The predicted octanol–water partition coefficient (Wildman–Crippen LogP) is 1.45. The molecule has 14 heteroatoms. The van der Waals surface area contributed by atoms with E-state index >= 15 is 0 Å². The van der Waals surface area contributed by atoms with E-state index in [2.05, 4.69) is 35.3 Å². The Morgan fingerprint density at radius 2 is 1.97 bits per heavy atom. The Morgan fingerprint density at radius 1 is 1.10 bits per heavy atom. The molecular formula is C25H22FN11O2. The standard InChI is InChI=1S/C25H22FN11O2/c26-21-2-1-16(7-17(21)8-27)22-12-28-23-24(32-22)37(34-33-23)15-20-14-35(4-6-39-20)25-29-9-18(10-30-25)19-11-31-36(13-19)3-5-38/h1-2,7,9-13,20,38H,3-6,14-15H2. The lowest BCUT2D eigenvalue weighted by molar-refractivity contribution is 0.0273. The molecule has 1 aliphatic rings. The molecule has 1 aromatic carbocycles. The molecule has 4 aromatic heterocycles. The fourth-order valence-electron chi connectivity index (χ4n) is 4.36. The van der Waals surface area contributed by atoms with E-state index in [1.54, 1.807) is 34.0 Å². The summed E-state index contributed by atoms with van der Waals surface area (Å²) in [5, 5.41) is 30.8. The highest BCUT2D eigenvalue weighted by molar-refractivity contribution is 5.70. The van der Waals surface area contributed by atoms with Gasteiger partial charge in [-0.1, -0.05) is 5.21 Å². The number of rotatable bonds is 7. The Hall–Kier alpha value is -4.87. The molecule has 6 rings (SSSR count). The molecule has 1 saturated heterocycles. The van der Waals surface area contributed by atoms with E-state index in [4.69, 9.17) is 15.1 Å². The average Bonchev–Trinajstić information content (AvgIpc) is 3.61. The number of benzene rings is 1. The predicted molar refractivity (Wildman–Crippen MR) is 136 cm³/mol. The van der Waals surface area contributed by atoms with Crippen LogP contribution >= 0.6 is 0 Å². The van der Waals surface area contributed by atoms with Gasteiger partial charge in [0.25, 0.3) is 0 Å². The molecule has 5 heterocycles. The van der Waals surface area contributed by atoms with Crippen molar-refractivity contribution in [2.24, 2.45) is 0 Å². The van der Waals surface area contributed by atoms with Crippen LogP contribution in [0.1, 0.15) is 5.56 Å². The van der Waals surface area contributed by atoms with Crippen LogP contribution in [-0.2, 0) is 17.8 Å². The number of morpholine rings is 1. The van der Waals surface area contributed by atoms with E-state index in [0.717, 1.165) is 11.1 Å². The van der Waals surface area contributed by atoms with Crippen LogP contribution in [0.3, 0.4) is 0 Å². The van der Waals surface area contributed by atoms with Crippen LogP contribution in [0.5, 0.6) is 0 Å². The molecule has 1 N–H and O–H groups in total. The van der Waals surface area contributed by atoms with E-state index in [9.17, 15) is 4.39 Å². The third-order valence-corrected chi connectivity index (χ3v) is 6.34. The van der Waals surface area contributed by atoms with Crippen LogP contribution in [0.4, 0.5) is 10.3 Å². The second-order valence-electron chi connectivity index (χ2n) is 8.91. The lowest BCUT2D eigenvalue weighted by Gasteiger charge is -2.32. The van der Waals surface area contributed by atoms with Gasteiger partial charge in [-0.05, 0) is 18.2 Å². The molecule has 0 radical (unpaired) electrons. The normalized spacial score (nSPS) is 15.5. The van der Waals surface area contributed by atoms with Gasteiger partial charge in [-0.2, -0.15) is 10.4 Å². The largest absolute Gasteiger partial charge is 0.394 e. The summed E-state index contributed by atoms with van der Waals surface area (Å²) >= 11 is 0. The maximum Gasteiger partial charge on any atom is 0.225 e. The Morgan fingerprint density at radius 3 is 2.79 bits per heavy atom. The maximum atomic E-state index is 13.8. The number of ether oxygens (including phenoxy) is 1. The topological polar surface area (TPSA) is 157 Å². The first-order valence-electron chi connectivity index (χ1n) is 12.2. The van der Waals surface area contributed by atoms with Crippen molar-refractivity contribution in [1.29, 1.82) is 5.26 Å². The second kappa shape index (κ2) is 10.5. The molecule has 39 heavy (non-hydrogen) atoms. The summed E-state index contributed by atoms with van der Waals surface area (Å²) in [5.41, 5.74) is 3.51. The van der Waals surface area contributed by atoms with E-state index in [-0.39, 0.29) is 18.3 Å². The molecule has 13 nitrogen and oxygen atoms in total. The molecule has 196 valence electrons. The highest BCUT2D eigenvalue weighted by atomic mass is 19.1. The zero-order valence-corrected chi connectivity index (χ0v) is 20.6. The van der Waals surface area contributed by atoms with Crippen molar-refractivity contribution in [1.82, 2.24) is 44.7 Å². The number of aliphatic hydroxyl groups excluding tert-OH is 1. The van der Waals surface area contributed by atoms with Gasteiger partial charge in [0, 0.05) is 48.4 Å². The number of hydrogen-bond donors (Lipinski definition) is 1.